The van der Waals surface area contributed by atoms with Gasteiger partial charge in [0.2, 0.25) is 5.91 Å². The van der Waals surface area contributed by atoms with E-state index in [1.807, 2.05) is 35.7 Å². The van der Waals surface area contributed by atoms with Crippen molar-refractivity contribution in [1.29, 1.82) is 0 Å². The molecule has 0 saturated carbocycles. The fraction of sp³-hybridized carbons (Fsp3) is 0.235. The van der Waals surface area contributed by atoms with E-state index in [0.29, 0.717) is 17.8 Å². The molecule has 1 N–H and O–H groups in total. The predicted molar refractivity (Wildman–Crippen MR) is 89.3 cm³/mol. The van der Waals surface area contributed by atoms with Crippen LogP contribution in [0.5, 0.6) is 0 Å². The summed E-state index contributed by atoms with van der Waals surface area (Å²) >= 11 is 5.90. The number of nitrogens with zero attached hydrogens (tertiary/aromatic N) is 3. The molecule has 24 heavy (non-hydrogen) atoms. The van der Waals surface area contributed by atoms with E-state index >= 15 is 0 Å². The summed E-state index contributed by atoms with van der Waals surface area (Å²) in [5.74, 6) is 0.0242. The summed E-state index contributed by atoms with van der Waals surface area (Å²) in [7, 11) is 0. The van der Waals surface area contributed by atoms with Gasteiger partial charge in [-0.2, -0.15) is 0 Å². The van der Waals surface area contributed by atoms with Gasteiger partial charge >= 0.3 is 0 Å². The number of carbonyl (C=O) groups excluding carboxylic acids is 1. The summed E-state index contributed by atoms with van der Waals surface area (Å²) in [5.41, 5.74) is 1.34. The van der Waals surface area contributed by atoms with Crippen LogP contribution in [0.2, 0.25) is 5.02 Å². The standard InChI is InChI=1S/C17H16ClFN4O/c1-11(17-22-21-14-7-2-3-10-23(14)17)20-15(24)9-8-12-5-4-6-13(19)16(12)18/h2-7,10-11H,8-9H2,1H3,(H,20,24). The molecule has 0 fully saturated rings. The lowest BCUT2D eigenvalue weighted by Gasteiger charge is -2.12. The Kier molecular flexibility index (Phi) is 4.76. The zero-order valence-electron chi connectivity index (χ0n) is 13.0. The molecule has 124 valence electrons. The highest BCUT2D eigenvalue weighted by molar-refractivity contribution is 6.31. The Hall–Kier alpha value is -2.47. The molecule has 0 radical (unpaired) electrons. The smallest absolute Gasteiger partial charge is 0.220 e. The van der Waals surface area contributed by atoms with E-state index < -0.39 is 5.82 Å². The van der Waals surface area contributed by atoms with Crippen LogP contribution in [0.3, 0.4) is 0 Å². The quantitative estimate of drug-likeness (QED) is 0.771. The summed E-state index contributed by atoms with van der Waals surface area (Å²) in [5, 5.41) is 11.1. The molecule has 3 aromatic rings. The van der Waals surface area contributed by atoms with Crippen molar-refractivity contribution < 1.29 is 9.18 Å². The van der Waals surface area contributed by atoms with Crippen molar-refractivity contribution in [2.45, 2.75) is 25.8 Å². The lowest BCUT2D eigenvalue weighted by atomic mass is 10.1. The molecule has 3 rings (SSSR count). The highest BCUT2D eigenvalue weighted by Crippen LogP contribution is 2.21. The Labute approximate surface area is 143 Å². The topological polar surface area (TPSA) is 59.3 Å². The second-order valence-corrected chi connectivity index (χ2v) is 5.87. The van der Waals surface area contributed by atoms with Gasteiger partial charge in [0, 0.05) is 12.6 Å². The van der Waals surface area contributed by atoms with Crippen molar-refractivity contribution in [2.24, 2.45) is 0 Å². The number of nitrogens with one attached hydrogen (secondary N) is 1. The number of halogens is 2. The highest BCUT2D eigenvalue weighted by atomic mass is 35.5. The third-order valence-corrected chi connectivity index (χ3v) is 4.18. The van der Waals surface area contributed by atoms with Crippen molar-refractivity contribution in [3.63, 3.8) is 0 Å². The summed E-state index contributed by atoms with van der Waals surface area (Å²) in [6, 6.07) is 9.90. The number of hydrogen-bond donors (Lipinski definition) is 1. The second kappa shape index (κ2) is 6.97. The molecule has 5 nitrogen and oxygen atoms in total. The zero-order chi connectivity index (χ0) is 17.1. The Bertz CT molecular complexity index is 880. The van der Waals surface area contributed by atoms with Crippen LogP contribution in [0, 0.1) is 5.82 Å². The van der Waals surface area contributed by atoms with E-state index in [1.54, 1.807) is 12.1 Å². The molecule has 1 unspecified atom stereocenters. The van der Waals surface area contributed by atoms with Gasteiger partial charge in [-0.25, -0.2) is 4.39 Å². The van der Waals surface area contributed by atoms with Gasteiger partial charge in [0.1, 0.15) is 5.82 Å². The van der Waals surface area contributed by atoms with Gasteiger partial charge in [-0.1, -0.05) is 29.8 Å². The van der Waals surface area contributed by atoms with Crippen molar-refractivity contribution in [3.8, 4) is 0 Å². The van der Waals surface area contributed by atoms with E-state index in [4.69, 9.17) is 11.6 Å². The summed E-state index contributed by atoms with van der Waals surface area (Å²) < 4.78 is 15.2. The van der Waals surface area contributed by atoms with Crippen molar-refractivity contribution in [2.75, 3.05) is 0 Å². The van der Waals surface area contributed by atoms with Crippen LogP contribution in [0.1, 0.15) is 30.8 Å². The van der Waals surface area contributed by atoms with Crippen LogP contribution in [-0.4, -0.2) is 20.5 Å². The molecule has 0 spiro atoms. The molecule has 0 bridgehead atoms. The minimum atomic E-state index is -0.474. The predicted octanol–water partition coefficient (Wildman–Crippen LogP) is 3.33. The first-order valence-electron chi connectivity index (χ1n) is 7.58. The van der Waals surface area contributed by atoms with Crippen LogP contribution in [-0.2, 0) is 11.2 Å². The number of aryl methyl sites for hydroxylation is 1. The van der Waals surface area contributed by atoms with Gasteiger partial charge in [0.05, 0.1) is 11.1 Å². The molecule has 2 aromatic heterocycles. The lowest BCUT2D eigenvalue weighted by molar-refractivity contribution is -0.121. The number of amides is 1. The third-order valence-electron chi connectivity index (χ3n) is 3.76. The Balaban J connectivity index is 1.63. The van der Waals surface area contributed by atoms with Gasteiger partial charge in [-0.15, -0.1) is 10.2 Å². The van der Waals surface area contributed by atoms with Crippen molar-refractivity contribution in [1.82, 2.24) is 19.9 Å². The van der Waals surface area contributed by atoms with Gasteiger partial charge in [0.25, 0.3) is 0 Å². The zero-order valence-corrected chi connectivity index (χ0v) is 13.8. The van der Waals surface area contributed by atoms with Crippen LogP contribution in [0.4, 0.5) is 4.39 Å². The molecule has 0 aliphatic rings. The molecule has 2 heterocycles. The van der Waals surface area contributed by atoms with Gasteiger partial charge < -0.3 is 5.32 Å². The normalized spacial score (nSPS) is 12.3. The molecular weight excluding hydrogens is 331 g/mol. The van der Waals surface area contributed by atoms with Crippen LogP contribution in [0.25, 0.3) is 5.65 Å². The van der Waals surface area contributed by atoms with Gasteiger partial charge in [0.15, 0.2) is 11.5 Å². The average molecular weight is 347 g/mol. The number of hydrogen-bond acceptors (Lipinski definition) is 3. The summed E-state index contributed by atoms with van der Waals surface area (Å²) in [6.45, 7) is 1.84. The fourth-order valence-electron chi connectivity index (χ4n) is 2.52. The first-order chi connectivity index (χ1) is 11.6. The SMILES string of the molecule is CC(NC(=O)CCc1cccc(F)c1Cl)c1nnc2ccccn12. The van der Waals surface area contributed by atoms with E-state index in [1.165, 1.54) is 6.07 Å². The molecular formula is C17H16ClFN4O. The largest absolute Gasteiger partial charge is 0.346 e. The maximum atomic E-state index is 13.4. The van der Waals surface area contributed by atoms with Crippen LogP contribution < -0.4 is 5.32 Å². The maximum absolute atomic E-state index is 13.4. The second-order valence-electron chi connectivity index (χ2n) is 5.49. The summed E-state index contributed by atoms with van der Waals surface area (Å²) in [4.78, 5) is 12.1. The number of rotatable bonds is 5. The monoisotopic (exact) mass is 346 g/mol. The van der Waals surface area contributed by atoms with Crippen LogP contribution in [0.15, 0.2) is 42.6 Å². The highest BCUT2D eigenvalue weighted by Gasteiger charge is 2.16. The van der Waals surface area contributed by atoms with Crippen LogP contribution >= 0.6 is 11.6 Å². The number of benzene rings is 1. The van der Waals surface area contributed by atoms with E-state index in [0.717, 1.165) is 5.65 Å². The van der Waals surface area contributed by atoms with Gasteiger partial charge in [-0.3, -0.25) is 9.20 Å². The first kappa shape index (κ1) is 16.4. The maximum Gasteiger partial charge on any atom is 0.220 e. The molecule has 7 heteroatoms. The van der Waals surface area contributed by atoms with E-state index in [-0.39, 0.29) is 23.4 Å². The van der Waals surface area contributed by atoms with E-state index in [9.17, 15) is 9.18 Å². The number of pyridine rings is 1. The molecule has 0 aliphatic carbocycles. The molecule has 0 saturated heterocycles. The number of carbonyl (C=O) groups is 1. The molecule has 1 atom stereocenters. The lowest BCUT2D eigenvalue weighted by Crippen LogP contribution is -2.28. The van der Waals surface area contributed by atoms with Crippen molar-refractivity contribution in [3.05, 3.63) is 64.8 Å². The Morgan fingerprint density at radius 2 is 2.12 bits per heavy atom. The Morgan fingerprint density at radius 1 is 1.29 bits per heavy atom. The minimum absolute atomic E-state index is 0.0711. The minimum Gasteiger partial charge on any atom is -0.346 e. The first-order valence-corrected chi connectivity index (χ1v) is 7.96. The number of fused-ring (bicyclic) bond motifs is 1. The molecule has 1 aromatic carbocycles. The fourth-order valence-corrected chi connectivity index (χ4v) is 2.74. The molecule has 1 amide bonds. The Morgan fingerprint density at radius 3 is 2.96 bits per heavy atom. The van der Waals surface area contributed by atoms with Gasteiger partial charge in [-0.05, 0) is 37.1 Å². The van der Waals surface area contributed by atoms with Crippen molar-refractivity contribution >= 4 is 23.2 Å². The average Bonchev–Trinajstić information content (AvgIpc) is 3.00. The molecule has 0 aliphatic heterocycles. The third kappa shape index (κ3) is 3.38. The number of aromatic nitrogens is 3. The summed E-state index contributed by atoms with van der Waals surface area (Å²) in [6.07, 6.45) is 2.43. The van der Waals surface area contributed by atoms with E-state index in [2.05, 4.69) is 15.5 Å².